The summed E-state index contributed by atoms with van der Waals surface area (Å²) in [5, 5.41) is 0. The molecule has 132 valence electrons. The van der Waals surface area contributed by atoms with E-state index in [4.69, 9.17) is 0 Å². The molecule has 1 heterocycles. The number of hydrogen-bond donors (Lipinski definition) is 0. The van der Waals surface area contributed by atoms with E-state index in [1.807, 2.05) is 41.3 Å². The second kappa shape index (κ2) is 7.38. The number of carbonyl (C=O) groups is 1. The fraction of sp³-hybridized carbons (Fsp3) is 0.455. The number of rotatable bonds is 4. The molecule has 25 heavy (non-hydrogen) atoms. The smallest absolute Gasteiger partial charge is 0.232 e. The van der Waals surface area contributed by atoms with Gasteiger partial charge in [0.15, 0.2) is 0 Å². The van der Waals surface area contributed by atoms with Crippen LogP contribution in [0.15, 0.2) is 54.7 Å². The Morgan fingerprint density at radius 1 is 1.16 bits per heavy atom. The summed E-state index contributed by atoms with van der Waals surface area (Å²) in [6.07, 6.45) is 5.20. The van der Waals surface area contributed by atoms with Gasteiger partial charge in [-0.2, -0.15) is 0 Å². The van der Waals surface area contributed by atoms with Crippen molar-refractivity contribution in [1.29, 1.82) is 0 Å². The fourth-order valence-electron chi connectivity index (χ4n) is 4.27. The molecule has 0 saturated heterocycles. The van der Waals surface area contributed by atoms with Crippen molar-refractivity contribution in [2.45, 2.75) is 46.6 Å². The molecule has 0 aliphatic heterocycles. The van der Waals surface area contributed by atoms with Crippen LogP contribution < -0.4 is 4.90 Å². The van der Waals surface area contributed by atoms with E-state index in [-0.39, 0.29) is 17.2 Å². The number of amides is 1. The number of benzene rings is 1. The number of aromatic nitrogens is 1. The zero-order chi connectivity index (χ0) is 17.9. The average molecular weight is 336 g/mol. The SMILES string of the molecule is CC1CCCC(C)(C)C1C(=O)N(Cc1ccccc1)c1ccccn1. The highest BCUT2D eigenvalue weighted by Crippen LogP contribution is 2.45. The van der Waals surface area contributed by atoms with Gasteiger partial charge in [-0.15, -0.1) is 0 Å². The molecule has 1 fully saturated rings. The van der Waals surface area contributed by atoms with Gasteiger partial charge in [0.25, 0.3) is 0 Å². The molecule has 1 aromatic heterocycles. The molecular formula is C22H28N2O. The van der Waals surface area contributed by atoms with E-state index in [1.54, 1.807) is 6.20 Å². The van der Waals surface area contributed by atoms with Crippen molar-refractivity contribution < 1.29 is 4.79 Å². The minimum absolute atomic E-state index is 0.0263. The van der Waals surface area contributed by atoms with Crippen LogP contribution in [0.3, 0.4) is 0 Å². The third-order valence-corrected chi connectivity index (χ3v) is 5.53. The monoisotopic (exact) mass is 336 g/mol. The first-order valence-electron chi connectivity index (χ1n) is 9.25. The minimum atomic E-state index is 0.0263. The molecule has 0 radical (unpaired) electrons. The van der Waals surface area contributed by atoms with Crippen LogP contribution in [0.5, 0.6) is 0 Å². The van der Waals surface area contributed by atoms with Gasteiger partial charge in [0.05, 0.1) is 6.54 Å². The normalized spacial score (nSPS) is 22.4. The summed E-state index contributed by atoms with van der Waals surface area (Å²) < 4.78 is 0. The van der Waals surface area contributed by atoms with Gasteiger partial charge in [-0.1, -0.05) is 63.6 Å². The first kappa shape index (κ1) is 17.7. The fourth-order valence-corrected chi connectivity index (χ4v) is 4.27. The minimum Gasteiger partial charge on any atom is -0.292 e. The Hall–Kier alpha value is -2.16. The van der Waals surface area contributed by atoms with Crippen molar-refractivity contribution in [2.24, 2.45) is 17.3 Å². The Morgan fingerprint density at radius 3 is 2.52 bits per heavy atom. The van der Waals surface area contributed by atoms with Crippen LogP contribution >= 0.6 is 0 Å². The summed E-state index contributed by atoms with van der Waals surface area (Å²) in [5.41, 5.74) is 1.15. The third kappa shape index (κ3) is 3.92. The number of carbonyl (C=O) groups excluding carboxylic acids is 1. The van der Waals surface area contributed by atoms with Gasteiger partial charge in [0, 0.05) is 12.1 Å². The van der Waals surface area contributed by atoms with Gasteiger partial charge in [-0.05, 0) is 41.9 Å². The topological polar surface area (TPSA) is 33.2 Å². The molecule has 2 unspecified atom stereocenters. The first-order chi connectivity index (χ1) is 12.0. The van der Waals surface area contributed by atoms with Crippen LogP contribution in [0.4, 0.5) is 5.82 Å². The molecule has 3 heteroatoms. The van der Waals surface area contributed by atoms with Crippen LogP contribution in [0, 0.1) is 17.3 Å². The molecule has 0 bridgehead atoms. The van der Waals surface area contributed by atoms with Crippen molar-refractivity contribution >= 4 is 11.7 Å². The van der Waals surface area contributed by atoms with Gasteiger partial charge >= 0.3 is 0 Å². The molecule has 1 amide bonds. The molecule has 2 atom stereocenters. The van der Waals surface area contributed by atoms with E-state index in [9.17, 15) is 4.79 Å². The summed E-state index contributed by atoms with van der Waals surface area (Å²) in [5.74, 6) is 1.38. The van der Waals surface area contributed by atoms with Crippen molar-refractivity contribution in [2.75, 3.05) is 4.90 Å². The maximum absolute atomic E-state index is 13.6. The van der Waals surface area contributed by atoms with Crippen LogP contribution in [0.2, 0.25) is 0 Å². The van der Waals surface area contributed by atoms with Crippen molar-refractivity contribution in [1.82, 2.24) is 4.98 Å². The van der Waals surface area contributed by atoms with Crippen molar-refractivity contribution in [3.8, 4) is 0 Å². The van der Waals surface area contributed by atoms with Crippen LogP contribution in [0.1, 0.15) is 45.6 Å². The molecule has 1 saturated carbocycles. The lowest BCUT2D eigenvalue weighted by Crippen LogP contribution is -2.47. The Kier molecular flexibility index (Phi) is 5.22. The number of anilines is 1. The molecule has 1 aliphatic carbocycles. The standard InChI is InChI=1S/C22H28N2O/c1-17-10-9-14-22(2,3)20(17)21(25)24(19-13-7-8-15-23-19)16-18-11-5-4-6-12-18/h4-8,11-13,15,17,20H,9-10,14,16H2,1-3H3. The van der Waals surface area contributed by atoms with E-state index in [1.165, 1.54) is 6.42 Å². The largest absolute Gasteiger partial charge is 0.292 e. The quantitative estimate of drug-likeness (QED) is 0.780. The lowest BCUT2D eigenvalue weighted by Gasteiger charge is -2.43. The van der Waals surface area contributed by atoms with Crippen molar-refractivity contribution in [3.05, 3.63) is 60.3 Å². The Morgan fingerprint density at radius 2 is 1.88 bits per heavy atom. The summed E-state index contributed by atoms with van der Waals surface area (Å²) in [6.45, 7) is 7.27. The van der Waals surface area contributed by atoms with Gasteiger partial charge in [0.2, 0.25) is 5.91 Å². The lowest BCUT2D eigenvalue weighted by atomic mass is 9.63. The molecule has 3 nitrogen and oxygen atoms in total. The second-order valence-corrected chi connectivity index (χ2v) is 7.93. The summed E-state index contributed by atoms with van der Waals surface area (Å²) in [6, 6.07) is 15.9. The summed E-state index contributed by atoms with van der Waals surface area (Å²) >= 11 is 0. The van der Waals surface area contributed by atoms with Gasteiger partial charge in [-0.3, -0.25) is 9.69 Å². The predicted octanol–water partition coefficient (Wildman–Crippen LogP) is 5.08. The van der Waals surface area contributed by atoms with Crippen molar-refractivity contribution in [3.63, 3.8) is 0 Å². The molecule has 3 rings (SSSR count). The zero-order valence-corrected chi connectivity index (χ0v) is 15.5. The highest BCUT2D eigenvalue weighted by Gasteiger charge is 2.43. The highest BCUT2D eigenvalue weighted by molar-refractivity contribution is 5.94. The second-order valence-electron chi connectivity index (χ2n) is 7.93. The first-order valence-corrected chi connectivity index (χ1v) is 9.25. The van der Waals surface area contributed by atoms with E-state index < -0.39 is 0 Å². The molecule has 2 aromatic rings. The molecule has 0 N–H and O–H groups in total. The van der Waals surface area contributed by atoms with E-state index >= 15 is 0 Å². The van der Waals surface area contributed by atoms with Gasteiger partial charge in [-0.25, -0.2) is 4.98 Å². The third-order valence-electron chi connectivity index (χ3n) is 5.53. The van der Waals surface area contributed by atoms with E-state index in [2.05, 4.69) is 37.9 Å². The number of nitrogens with zero attached hydrogens (tertiary/aromatic N) is 2. The molecular weight excluding hydrogens is 308 g/mol. The molecule has 1 aromatic carbocycles. The van der Waals surface area contributed by atoms with Gasteiger partial charge in [0.1, 0.15) is 5.82 Å². The molecule has 1 aliphatic rings. The van der Waals surface area contributed by atoms with Gasteiger partial charge < -0.3 is 0 Å². The number of pyridine rings is 1. The Balaban J connectivity index is 1.94. The predicted molar refractivity (Wildman–Crippen MR) is 102 cm³/mol. The summed E-state index contributed by atoms with van der Waals surface area (Å²) in [4.78, 5) is 20.0. The van der Waals surface area contributed by atoms with Crippen LogP contribution in [-0.2, 0) is 11.3 Å². The van der Waals surface area contributed by atoms with E-state index in [0.29, 0.717) is 12.5 Å². The van der Waals surface area contributed by atoms with Crippen LogP contribution in [0.25, 0.3) is 0 Å². The maximum atomic E-state index is 13.6. The number of hydrogen-bond acceptors (Lipinski definition) is 2. The van der Waals surface area contributed by atoms with Crippen LogP contribution in [-0.4, -0.2) is 10.9 Å². The maximum Gasteiger partial charge on any atom is 0.232 e. The molecule has 0 spiro atoms. The average Bonchev–Trinajstić information content (AvgIpc) is 2.60. The lowest BCUT2D eigenvalue weighted by molar-refractivity contribution is -0.130. The Bertz CT molecular complexity index is 696. The summed E-state index contributed by atoms with van der Waals surface area (Å²) in [7, 11) is 0. The highest BCUT2D eigenvalue weighted by atomic mass is 16.2. The van der Waals surface area contributed by atoms with E-state index in [0.717, 1.165) is 24.2 Å². The Labute approximate surface area is 151 Å². The zero-order valence-electron chi connectivity index (χ0n) is 15.5.